The largest absolute Gasteiger partial charge is 0.493 e. The average molecular weight is 305 g/mol. The smallest absolute Gasteiger partial charge is 0.122 e. The molecule has 2 heteroatoms. The third-order valence-electron chi connectivity index (χ3n) is 2.85. The summed E-state index contributed by atoms with van der Waals surface area (Å²) in [6.07, 6.45) is 2.11. The lowest BCUT2D eigenvalue weighted by molar-refractivity contribution is 0.309. The Labute approximate surface area is 117 Å². The molecule has 0 fully saturated rings. The zero-order valence-electron chi connectivity index (χ0n) is 10.5. The zero-order valence-corrected chi connectivity index (χ0v) is 12.1. The third kappa shape index (κ3) is 3.88. The highest BCUT2D eigenvalue weighted by atomic mass is 79.9. The van der Waals surface area contributed by atoms with Gasteiger partial charge in [-0.15, -0.1) is 0 Å². The molecule has 0 radical (unpaired) electrons. The highest BCUT2D eigenvalue weighted by molar-refractivity contribution is 9.10. The first-order valence-corrected chi connectivity index (χ1v) is 6.98. The Morgan fingerprint density at radius 2 is 1.83 bits per heavy atom. The van der Waals surface area contributed by atoms with Crippen LogP contribution in [0.2, 0.25) is 0 Å². The molecular formula is C16H17BrO. The van der Waals surface area contributed by atoms with E-state index in [-0.39, 0.29) is 0 Å². The minimum atomic E-state index is 0.761. The Morgan fingerprint density at radius 3 is 2.56 bits per heavy atom. The molecule has 0 bridgehead atoms. The van der Waals surface area contributed by atoms with E-state index < -0.39 is 0 Å². The highest BCUT2D eigenvalue weighted by Crippen LogP contribution is 2.22. The van der Waals surface area contributed by atoms with E-state index in [0.29, 0.717) is 0 Å². The van der Waals surface area contributed by atoms with Gasteiger partial charge in [0.2, 0.25) is 0 Å². The summed E-state index contributed by atoms with van der Waals surface area (Å²) in [6, 6.07) is 16.6. The lowest BCUT2D eigenvalue weighted by atomic mass is 10.1. The molecule has 2 aromatic rings. The summed E-state index contributed by atoms with van der Waals surface area (Å²) in [5, 5.41) is 0. The van der Waals surface area contributed by atoms with Crippen LogP contribution in [0.5, 0.6) is 5.75 Å². The van der Waals surface area contributed by atoms with Gasteiger partial charge in [-0.25, -0.2) is 0 Å². The summed E-state index contributed by atoms with van der Waals surface area (Å²) < 4.78 is 6.89. The topological polar surface area (TPSA) is 9.23 Å². The van der Waals surface area contributed by atoms with E-state index in [1.165, 1.54) is 11.1 Å². The molecule has 0 heterocycles. The highest BCUT2D eigenvalue weighted by Gasteiger charge is 2.00. The van der Waals surface area contributed by atoms with Gasteiger partial charge in [0.05, 0.1) is 6.61 Å². The number of hydrogen-bond donors (Lipinski definition) is 0. The molecule has 0 aliphatic rings. The molecule has 0 aliphatic carbocycles. The standard InChI is InChI=1S/C16H17BrO/c1-13-12-15(17)9-10-16(13)18-11-5-8-14-6-3-2-4-7-14/h2-4,6-7,9-10,12H,5,8,11H2,1H3. The van der Waals surface area contributed by atoms with E-state index in [9.17, 15) is 0 Å². The maximum Gasteiger partial charge on any atom is 0.122 e. The van der Waals surface area contributed by atoms with Crippen molar-refractivity contribution in [2.75, 3.05) is 6.61 Å². The molecule has 0 aliphatic heterocycles. The molecule has 2 aromatic carbocycles. The van der Waals surface area contributed by atoms with Gasteiger partial charge < -0.3 is 4.74 Å². The van der Waals surface area contributed by atoms with Crippen LogP contribution < -0.4 is 4.74 Å². The molecule has 0 saturated heterocycles. The molecule has 0 amide bonds. The van der Waals surface area contributed by atoms with Crippen LogP contribution in [-0.2, 0) is 6.42 Å². The molecule has 2 rings (SSSR count). The Kier molecular flexibility index (Phi) is 4.82. The number of halogens is 1. The fourth-order valence-corrected chi connectivity index (χ4v) is 2.35. The Morgan fingerprint density at radius 1 is 1.06 bits per heavy atom. The van der Waals surface area contributed by atoms with Crippen molar-refractivity contribution in [3.63, 3.8) is 0 Å². The summed E-state index contributed by atoms with van der Waals surface area (Å²) in [4.78, 5) is 0. The van der Waals surface area contributed by atoms with Gasteiger partial charge >= 0.3 is 0 Å². The normalized spacial score (nSPS) is 10.3. The number of hydrogen-bond acceptors (Lipinski definition) is 1. The summed E-state index contributed by atoms with van der Waals surface area (Å²) in [7, 11) is 0. The molecule has 0 N–H and O–H groups in total. The van der Waals surface area contributed by atoms with Crippen LogP contribution in [0.15, 0.2) is 53.0 Å². The Bertz CT molecular complexity index is 494. The van der Waals surface area contributed by atoms with Gasteiger partial charge in [0, 0.05) is 4.47 Å². The monoisotopic (exact) mass is 304 g/mol. The molecule has 18 heavy (non-hydrogen) atoms. The molecule has 94 valence electrons. The van der Waals surface area contributed by atoms with E-state index in [2.05, 4.69) is 53.2 Å². The van der Waals surface area contributed by atoms with Gasteiger partial charge in [0.1, 0.15) is 5.75 Å². The van der Waals surface area contributed by atoms with Gasteiger partial charge in [0.25, 0.3) is 0 Å². The number of benzene rings is 2. The van der Waals surface area contributed by atoms with Crippen LogP contribution in [0.25, 0.3) is 0 Å². The molecule has 1 nitrogen and oxygen atoms in total. The molecular weight excluding hydrogens is 288 g/mol. The van der Waals surface area contributed by atoms with Crippen LogP contribution in [0.4, 0.5) is 0 Å². The van der Waals surface area contributed by atoms with Crippen molar-refractivity contribution in [2.45, 2.75) is 19.8 Å². The van der Waals surface area contributed by atoms with E-state index in [1.807, 2.05) is 18.2 Å². The van der Waals surface area contributed by atoms with Gasteiger partial charge in [0.15, 0.2) is 0 Å². The number of aryl methyl sites for hydroxylation is 2. The fourth-order valence-electron chi connectivity index (χ4n) is 1.88. The Balaban J connectivity index is 1.79. The maximum atomic E-state index is 5.79. The summed E-state index contributed by atoms with van der Waals surface area (Å²) in [5.41, 5.74) is 2.54. The predicted molar refractivity (Wildman–Crippen MR) is 79.1 cm³/mol. The maximum absolute atomic E-state index is 5.79. The minimum Gasteiger partial charge on any atom is -0.493 e. The lowest BCUT2D eigenvalue weighted by Crippen LogP contribution is -2.00. The second-order valence-corrected chi connectivity index (χ2v) is 5.26. The minimum absolute atomic E-state index is 0.761. The first-order chi connectivity index (χ1) is 8.75. The van der Waals surface area contributed by atoms with Crippen LogP contribution in [0.1, 0.15) is 17.5 Å². The number of ether oxygens (including phenoxy) is 1. The number of rotatable bonds is 5. The van der Waals surface area contributed by atoms with Crippen molar-refractivity contribution < 1.29 is 4.74 Å². The van der Waals surface area contributed by atoms with Crippen LogP contribution in [0, 0.1) is 6.92 Å². The fraction of sp³-hybridized carbons (Fsp3) is 0.250. The average Bonchev–Trinajstić information content (AvgIpc) is 2.38. The first kappa shape index (κ1) is 13.2. The van der Waals surface area contributed by atoms with Crippen molar-refractivity contribution >= 4 is 15.9 Å². The second-order valence-electron chi connectivity index (χ2n) is 4.35. The van der Waals surface area contributed by atoms with Gasteiger partial charge in [-0.05, 0) is 49.1 Å². The van der Waals surface area contributed by atoms with Crippen LogP contribution in [-0.4, -0.2) is 6.61 Å². The summed E-state index contributed by atoms with van der Waals surface area (Å²) in [6.45, 7) is 2.83. The van der Waals surface area contributed by atoms with Crippen LogP contribution in [0.3, 0.4) is 0 Å². The molecule has 0 unspecified atom stereocenters. The van der Waals surface area contributed by atoms with Crippen molar-refractivity contribution in [1.82, 2.24) is 0 Å². The van der Waals surface area contributed by atoms with Crippen molar-refractivity contribution in [2.24, 2.45) is 0 Å². The van der Waals surface area contributed by atoms with Crippen molar-refractivity contribution in [3.05, 3.63) is 64.1 Å². The van der Waals surface area contributed by atoms with Crippen LogP contribution >= 0.6 is 15.9 Å². The van der Waals surface area contributed by atoms with Gasteiger partial charge in [-0.3, -0.25) is 0 Å². The molecule has 0 aromatic heterocycles. The van der Waals surface area contributed by atoms with Gasteiger partial charge in [-0.2, -0.15) is 0 Å². The lowest BCUT2D eigenvalue weighted by Gasteiger charge is -2.09. The van der Waals surface area contributed by atoms with Crippen molar-refractivity contribution in [1.29, 1.82) is 0 Å². The second kappa shape index (κ2) is 6.60. The third-order valence-corrected chi connectivity index (χ3v) is 3.34. The summed E-state index contributed by atoms with van der Waals surface area (Å²) in [5.74, 6) is 0.978. The van der Waals surface area contributed by atoms with E-state index in [0.717, 1.165) is 29.7 Å². The predicted octanol–water partition coefficient (Wildman–Crippen LogP) is 4.77. The van der Waals surface area contributed by atoms with Gasteiger partial charge in [-0.1, -0.05) is 46.3 Å². The quantitative estimate of drug-likeness (QED) is 0.723. The van der Waals surface area contributed by atoms with E-state index in [4.69, 9.17) is 4.74 Å². The molecule has 0 spiro atoms. The SMILES string of the molecule is Cc1cc(Br)ccc1OCCCc1ccccc1. The molecule has 0 saturated carbocycles. The van der Waals surface area contributed by atoms with Crippen molar-refractivity contribution in [3.8, 4) is 5.75 Å². The Hall–Kier alpha value is -1.28. The van der Waals surface area contributed by atoms with E-state index in [1.54, 1.807) is 0 Å². The molecule has 0 atom stereocenters. The zero-order chi connectivity index (χ0) is 12.8. The first-order valence-electron chi connectivity index (χ1n) is 6.18. The summed E-state index contributed by atoms with van der Waals surface area (Å²) >= 11 is 3.45. The van der Waals surface area contributed by atoms with E-state index >= 15 is 0 Å².